The number of aryl methyl sites for hydroxylation is 2. The first-order valence-electron chi connectivity index (χ1n) is 5.28. The Bertz CT molecular complexity index is 614. The van der Waals surface area contributed by atoms with E-state index in [0.717, 1.165) is 5.56 Å². The highest BCUT2D eigenvalue weighted by molar-refractivity contribution is 6.29. The first-order valence-corrected chi connectivity index (χ1v) is 5.66. The molecule has 0 aliphatic rings. The number of hydrogen-bond donors (Lipinski definition) is 0. The molecular weight excluding hydrogens is 250 g/mol. The van der Waals surface area contributed by atoms with Crippen LogP contribution in [-0.4, -0.2) is 9.97 Å². The largest absolute Gasteiger partial charge is 0.439 e. The molecular formula is C13H10ClN3O. The molecule has 0 spiro atoms. The monoisotopic (exact) mass is 259 g/mol. The van der Waals surface area contributed by atoms with E-state index in [-0.39, 0.29) is 0 Å². The minimum absolute atomic E-state index is 0.326. The van der Waals surface area contributed by atoms with Gasteiger partial charge in [0.2, 0.25) is 5.88 Å². The number of rotatable bonds is 2. The Kier molecular flexibility index (Phi) is 3.45. The fraction of sp³-hybridized carbons (Fsp3) is 0.154. The molecule has 1 aromatic heterocycles. The van der Waals surface area contributed by atoms with Crippen molar-refractivity contribution in [2.75, 3.05) is 0 Å². The molecule has 2 rings (SSSR count). The van der Waals surface area contributed by atoms with Gasteiger partial charge in [-0.15, -0.1) is 0 Å². The third-order valence-corrected chi connectivity index (χ3v) is 2.51. The van der Waals surface area contributed by atoms with Crippen LogP contribution in [0, 0.1) is 25.2 Å². The second-order valence-corrected chi connectivity index (χ2v) is 4.16. The number of hydrogen-bond acceptors (Lipinski definition) is 4. The SMILES string of the molecule is Cc1nc(Cl)cc(Oc2cc(C#N)ccc2C)n1. The van der Waals surface area contributed by atoms with Crippen molar-refractivity contribution in [3.05, 3.63) is 46.4 Å². The summed E-state index contributed by atoms with van der Waals surface area (Å²) in [5, 5.41) is 9.18. The molecule has 0 atom stereocenters. The van der Waals surface area contributed by atoms with Gasteiger partial charge in [0.05, 0.1) is 11.6 Å². The molecule has 0 radical (unpaired) electrons. The van der Waals surface area contributed by atoms with Crippen LogP contribution >= 0.6 is 11.6 Å². The lowest BCUT2D eigenvalue weighted by atomic mass is 10.1. The lowest BCUT2D eigenvalue weighted by Crippen LogP contribution is -1.95. The average Bonchev–Trinajstić information content (AvgIpc) is 2.30. The highest BCUT2D eigenvalue weighted by Crippen LogP contribution is 2.25. The van der Waals surface area contributed by atoms with Crippen molar-refractivity contribution in [3.8, 4) is 17.7 Å². The van der Waals surface area contributed by atoms with E-state index >= 15 is 0 Å². The predicted octanol–water partition coefficient (Wildman–Crippen LogP) is 3.41. The van der Waals surface area contributed by atoms with E-state index in [1.807, 2.05) is 13.0 Å². The van der Waals surface area contributed by atoms with E-state index in [4.69, 9.17) is 21.6 Å². The number of nitriles is 1. The van der Waals surface area contributed by atoms with Gasteiger partial charge in [0, 0.05) is 6.07 Å². The topological polar surface area (TPSA) is 58.8 Å². The fourth-order valence-corrected chi connectivity index (χ4v) is 1.67. The van der Waals surface area contributed by atoms with Crippen LogP contribution in [0.15, 0.2) is 24.3 Å². The van der Waals surface area contributed by atoms with E-state index in [2.05, 4.69) is 16.0 Å². The number of benzene rings is 1. The van der Waals surface area contributed by atoms with Crippen molar-refractivity contribution in [2.45, 2.75) is 13.8 Å². The van der Waals surface area contributed by atoms with Gasteiger partial charge in [-0.1, -0.05) is 17.7 Å². The van der Waals surface area contributed by atoms with Crippen molar-refractivity contribution in [3.63, 3.8) is 0 Å². The molecule has 5 heteroatoms. The summed E-state index contributed by atoms with van der Waals surface area (Å²) in [5.41, 5.74) is 1.45. The van der Waals surface area contributed by atoms with Crippen LogP contribution in [-0.2, 0) is 0 Å². The molecule has 0 amide bonds. The zero-order chi connectivity index (χ0) is 13.1. The van der Waals surface area contributed by atoms with Crippen molar-refractivity contribution < 1.29 is 4.74 Å². The summed E-state index contributed by atoms with van der Waals surface area (Å²) >= 11 is 5.83. The lowest BCUT2D eigenvalue weighted by molar-refractivity contribution is 0.456. The van der Waals surface area contributed by atoms with Crippen LogP contribution in [0.25, 0.3) is 0 Å². The summed E-state index contributed by atoms with van der Waals surface area (Å²) in [7, 11) is 0. The van der Waals surface area contributed by atoms with Crippen LogP contribution in [0.5, 0.6) is 11.6 Å². The van der Waals surface area contributed by atoms with Gasteiger partial charge in [-0.3, -0.25) is 0 Å². The number of halogens is 1. The standard InChI is InChI=1S/C13H10ClN3O/c1-8-3-4-10(7-15)5-11(8)18-13-6-12(14)16-9(2)17-13/h3-6H,1-2H3. The van der Waals surface area contributed by atoms with E-state index in [1.165, 1.54) is 6.07 Å². The summed E-state index contributed by atoms with van der Waals surface area (Å²) in [6, 6.07) is 8.83. The molecule has 0 saturated carbocycles. The molecule has 0 bridgehead atoms. The molecule has 0 N–H and O–H groups in total. The Labute approximate surface area is 110 Å². The third-order valence-electron chi connectivity index (χ3n) is 2.31. The Hall–Kier alpha value is -2.12. The second-order valence-electron chi connectivity index (χ2n) is 3.77. The second kappa shape index (κ2) is 5.03. The Morgan fingerprint density at radius 2 is 2.00 bits per heavy atom. The zero-order valence-electron chi connectivity index (χ0n) is 9.94. The van der Waals surface area contributed by atoms with Crippen molar-refractivity contribution in [1.82, 2.24) is 9.97 Å². The molecule has 1 aromatic carbocycles. The Morgan fingerprint density at radius 3 is 2.67 bits per heavy atom. The maximum Gasteiger partial charge on any atom is 0.224 e. The summed E-state index contributed by atoms with van der Waals surface area (Å²) in [4.78, 5) is 8.08. The predicted molar refractivity (Wildman–Crippen MR) is 67.7 cm³/mol. The van der Waals surface area contributed by atoms with E-state index in [0.29, 0.717) is 28.2 Å². The molecule has 0 saturated heterocycles. The molecule has 0 aliphatic heterocycles. The molecule has 1 heterocycles. The van der Waals surface area contributed by atoms with E-state index in [1.54, 1.807) is 19.1 Å². The highest BCUT2D eigenvalue weighted by atomic mass is 35.5. The van der Waals surface area contributed by atoms with Gasteiger partial charge < -0.3 is 4.74 Å². The number of ether oxygens (including phenoxy) is 1. The van der Waals surface area contributed by atoms with Gasteiger partial charge in [-0.2, -0.15) is 10.2 Å². The van der Waals surface area contributed by atoms with E-state index < -0.39 is 0 Å². The molecule has 0 aliphatic carbocycles. The van der Waals surface area contributed by atoms with Crippen LogP contribution in [0.3, 0.4) is 0 Å². The molecule has 90 valence electrons. The third kappa shape index (κ3) is 2.76. The van der Waals surface area contributed by atoms with Gasteiger partial charge in [-0.05, 0) is 31.5 Å². The first-order chi connectivity index (χ1) is 8.58. The molecule has 2 aromatic rings. The quantitative estimate of drug-likeness (QED) is 0.776. The van der Waals surface area contributed by atoms with Crippen molar-refractivity contribution in [1.29, 1.82) is 5.26 Å². The maximum atomic E-state index is 8.85. The zero-order valence-corrected chi connectivity index (χ0v) is 10.7. The van der Waals surface area contributed by atoms with Gasteiger partial charge in [0.25, 0.3) is 0 Å². The van der Waals surface area contributed by atoms with Gasteiger partial charge >= 0.3 is 0 Å². The summed E-state index contributed by atoms with van der Waals surface area (Å²) in [6.45, 7) is 3.63. The Balaban J connectivity index is 2.36. The fourth-order valence-electron chi connectivity index (χ4n) is 1.45. The first kappa shape index (κ1) is 12.3. The maximum absolute atomic E-state index is 8.85. The lowest BCUT2D eigenvalue weighted by Gasteiger charge is -2.08. The molecule has 0 unspecified atom stereocenters. The normalized spacial score (nSPS) is 9.89. The number of aromatic nitrogens is 2. The average molecular weight is 260 g/mol. The van der Waals surface area contributed by atoms with E-state index in [9.17, 15) is 0 Å². The highest BCUT2D eigenvalue weighted by Gasteiger charge is 2.06. The van der Waals surface area contributed by atoms with Crippen LogP contribution in [0.1, 0.15) is 17.0 Å². The van der Waals surface area contributed by atoms with Gasteiger partial charge in [0.15, 0.2) is 0 Å². The summed E-state index contributed by atoms with van der Waals surface area (Å²) < 4.78 is 5.63. The number of nitrogens with zero attached hydrogens (tertiary/aromatic N) is 3. The van der Waals surface area contributed by atoms with Crippen molar-refractivity contribution in [2.24, 2.45) is 0 Å². The van der Waals surface area contributed by atoms with Gasteiger partial charge in [-0.25, -0.2) is 4.98 Å². The van der Waals surface area contributed by atoms with Gasteiger partial charge in [0.1, 0.15) is 16.7 Å². The van der Waals surface area contributed by atoms with Crippen LogP contribution in [0.4, 0.5) is 0 Å². The van der Waals surface area contributed by atoms with Crippen molar-refractivity contribution >= 4 is 11.6 Å². The molecule has 18 heavy (non-hydrogen) atoms. The minimum Gasteiger partial charge on any atom is -0.439 e. The molecule has 0 fully saturated rings. The smallest absolute Gasteiger partial charge is 0.224 e. The summed E-state index contributed by atoms with van der Waals surface area (Å²) in [6.07, 6.45) is 0. The van der Waals surface area contributed by atoms with Crippen LogP contribution < -0.4 is 4.74 Å². The Morgan fingerprint density at radius 1 is 1.22 bits per heavy atom. The molecule has 4 nitrogen and oxygen atoms in total. The minimum atomic E-state index is 0.326. The van der Waals surface area contributed by atoms with Crippen LogP contribution in [0.2, 0.25) is 5.15 Å². The summed E-state index contributed by atoms with van der Waals surface area (Å²) in [5.74, 6) is 1.49.